The number of aryl methyl sites for hydroxylation is 1. The van der Waals surface area contributed by atoms with E-state index in [1.165, 1.54) is 0 Å². The SMILES string of the molecule is Cc1cccc(-c2nc(N)nc(Nc3ccccc3SSc3ccccc3Nc3nc(N)nc(-c4cccc(Cl)c4)n3)n2)c1.Nc1nc(Nc2ccccc2SSc2ccccc2Nc2nc(N)nc(-c3ccc(I)cc3)n2)nc(-c2ccc(I)cc2)n1. The van der Waals surface area contributed by atoms with Crippen LogP contribution in [0.5, 0.6) is 0 Å². The summed E-state index contributed by atoms with van der Waals surface area (Å²) in [4.78, 5) is 56.8. The molecular formula is C61H47ClI2N20S4. The molecule has 0 bridgehead atoms. The quantitative estimate of drug-likeness (QED) is 0.0292. The first-order valence-corrected chi connectivity index (χ1v) is 33.2. The molecule has 0 atom stereocenters. The van der Waals surface area contributed by atoms with Gasteiger partial charge >= 0.3 is 0 Å². The van der Waals surface area contributed by atoms with Crippen LogP contribution in [-0.2, 0) is 0 Å². The zero-order valence-corrected chi connectivity index (χ0v) is 54.3. The van der Waals surface area contributed by atoms with E-state index in [9.17, 15) is 0 Å². The molecular weight excluding hydrogens is 1430 g/mol. The van der Waals surface area contributed by atoms with Gasteiger partial charge in [0.15, 0.2) is 23.3 Å². The van der Waals surface area contributed by atoms with Gasteiger partial charge in [-0.05, 0) is 143 Å². The largest absolute Gasteiger partial charge is 0.368 e. The molecule has 0 aliphatic heterocycles. The average molecular weight is 1480 g/mol. The number of anilines is 12. The van der Waals surface area contributed by atoms with Gasteiger partial charge in [0.1, 0.15) is 0 Å². The van der Waals surface area contributed by atoms with E-state index in [0.29, 0.717) is 52.1 Å². The maximum atomic E-state index is 6.17. The van der Waals surface area contributed by atoms with Crippen LogP contribution in [0.15, 0.2) is 214 Å². The second-order valence-electron chi connectivity index (χ2n) is 18.6. The highest BCUT2D eigenvalue weighted by Gasteiger charge is 2.17. The average Bonchev–Trinajstić information content (AvgIpc) is 3.68. The summed E-state index contributed by atoms with van der Waals surface area (Å²) in [6.07, 6.45) is 0. The molecule has 12 N–H and O–H groups in total. The summed E-state index contributed by atoms with van der Waals surface area (Å²) >= 11 is 10.7. The van der Waals surface area contributed by atoms with Crippen molar-refractivity contribution in [3.8, 4) is 45.6 Å². The molecule has 436 valence electrons. The highest BCUT2D eigenvalue weighted by molar-refractivity contribution is 14.1. The van der Waals surface area contributed by atoms with Crippen LogP contribution in [0.1, 0.15) is 5.56 Å². The number of aromatic nitrogens is 12. The van der Waals surface area contributed by atoms with E-state index in [0.717, 1.165) is 77.3 Å². The van der Waals surface area contributed by atoms with Crippen molar-refractivity contribution >= 4 is 170 Å². The summed E-state index contributed by atoms with van der Waals surface area (Å²) < 4.78 is 2.24. The summed E-state index contributed by atoms with van der Waals surface area (Å²) in [5, 5.41) is 13.8. The van der Waals surface area contributed by atoms with Crippen molar-refractivity contribution < 1.29 is 0 Å². The molecule has 0 amide bonds. The van der Waals surface area contributed by atoms with Crippen LogP contribution in [-0.4, -0.2) is 59.8 Å². The molecule has 0 spiro atoms. The third-order valence-electron chi connectivity index (χ3n) is 12.2. The van der Waals surface area contributed by atoms with E-state index in [1.807, 2.05) is 189 Å². The van der Waals surface area contributed by atoms with E-state index in [4.69, 9.17) is 34.5 Å². The van der Waals surface area contributed by atoms with Crippen molar-refractivity contribution in [1.82, 2.24) is 59.8 Å². The van der Waals surface area contributed by atoms with Crippen molar-refractivity contribution in [2.75, 3.05) is 44.2 Å². The van der Waals surface area contributed by atoms with Gasteiger partial charge in [0.05, 0.1) is 22.7 Å². The van der Waals surface area contributed by atoms with Crippen LogP contribution in [0.2, 0.25) is 5.02 Å². The number of benzene rings is 8. The molecule has 0 saturated carbocycles. The molecule has 0 radical (unpaired) electrons. The van der Waals surface area contributed by atoms with Crippen molar-refractivity contribution in [3.05, 3.63) is 212 Å². The summed E-state index contributed by atoms with van der Waals surface area (Å²) in [5.74, 6) is 3.84. The standard InChI is InChI=1S/C31H25ClN10S2.C30H22I2N10S2/c1-18-8-6-9-19(16-18)26-37-28(33)41-30(39-26)35-22-12-2-4-14-24(22)43-44-25-15-5-3-13-23(25)36-31-40-27(38-29(34)42-31)20-10-7-11-21(32)17-20;31-19-13-9-17(10-14-19)25-37-27(33)41-29(39-25)35-21-5-1-3-7-23(21)43-44-24-8-4-2-6-22(24)36-30-40-26(38-28(34)42-30)18-11-15-20(32)16-12-18/h2-17H,1H3,(H3,33,35,37,39,41)(H3,34,36,38,40,42);1-16H,(H3,33,35,37,39,41)(H3,34,36,38,40,42). The lowest BCUT2D eigenvalue weighted by atomic mass is 10.1. The number of rotatable bonds is 18. The molecule has 0 aliphatic rings. The van der Waals surface area contributed by atoms with E-state index in [1.54, 1.807) is 55.3 Å². The maximum Gasteiger partial charge on any atom is 0.232 e. The van der Waals surface area contributed by atoms with Crippen LogP contribution in [0.3, 0.4) is 0 Å². The lowest BCUT2D eigenvalue weighted by molar-refractivity contribution is 1.07. The van der Waals surface area contributed by atoms with E-state index < -0.39 is 0 Å². The van der Waals surface area contributed by atoms with Gasteiger partial charge in [-0.15, -0.1) is 0 Å². The second-order valence-corrected chi connectivity index (χ2v) is 25.9. The van der Waals surface area contributed by atoms with Crippen LogP contribution >= 0.6 is 100.0 Å². The Kier molecular flexibility index (Phi) is 20.0. The molecule has 0 fully saturated rings. The number of hydrogen-bond acceptors (Lipinski definition) is 24. The van der Waals surface area contributed by atoms with Gasteiger partial charge in [0, 0.05) is 54.0 Å². The van der Waals surface area contributed by atoms with Gasteiger partial charge in [0.25, 0.3) is 0 Å². The predicted octanol–water partition coefficient (Wildman–Crippen LogP) is 15.9. The van der Waals surface area contributed by atoms with Crippen LogP contribution in [0.4, 0.5) is 70.3 Å². The summed E-state index contributed by atoms with van der Waals surface area (Å²) in [6.45, 7) is 2.02. The van der Waals surface area contributed by atoms with Crippen molar-refractivity contribution in [3.63, 3.8) is 0 Å². The topological polar surface area (TPSA) is 307 Å². The summed E-state index contributed by atoms with van der Waals surface area (Å²) in [5.41, 5.74) is 31.9. The van der Waals surface area contributed by atoms with E-state index in [-0.39, 0.29) is 23.8 Å². The molecule has 4 aromatic heterocycles. The Morgan fingerprint density at radius 2 is 0.614 bits per heavy atom. The molecule has 0 aliphatic carbocycles. The fourth-order valence-electron chi connectivity index (χ4n) is 8.15. The zero-order chi connectivity index (χ0) is 60.9. The minimum absolute atomic E-state index is 0.0986. The maximum absolute atomic E-state index is 6.17. The molecule has 27 heteroatoms. The molecule has 88 heavy (non-hydrogen) atoms. The molecule has 12 rings (SSSR count). The Morgan fingerprint density at radius 1 is 0.318 bits per heavy atom. The van der Waals surface area contributed by atoms with Gasteiger partial charge in [-0.25, -0.2) is 0 Å². The molecule has 0 unspecified atom stereocenters. The Balaban J connectivity index is 0.000000182. The van der Waals surface area contributed by atoms with Gasteiger partial charge in [0.2, 0.25) is 47.6 Å². The van der Waals surface area contributed by atoms with Crippen molar-refractivity contribution in [1.29, 1.82) is 0 Å². The van der Waals surface area contributed by atoms with Crippen LogP contribution in [0, 0.1) is 14.1 Å². The first-order valence-electron chi connectivity index (χ1n) is 26.3. The Morgan fingerprint density at radius 3 is 0.932 bits per heavy atom. The van der Waals surface area contributed by atoms with Crippen molar-refractivity contribution in [2.45, 2.75) is 26.5 Å². The Labute approximate surface area is 553 Å². The number of halogens is 3. The number of nitrogens with zero attached hydrogens (tertiary/aromatic N) is 12. The number of nitrogens with two attached hydrogens (primary N) is 4. The van der Waals surface area contributed by atoms with Crippen molar-refractivity contribution in [2.24, 2.45) is 0 Å². The smallest absolute Gasteiger partial charge is 0.232 e. The summed E-state index contributed by atoms with van der Waals surface area (Å²) in [7, 11) is 6.32. The fraction of sp³-hybridized carbons (Fsp3) is 0.0164. The molecule has 0 saturated heterocycles. The van der Waals surface area contributed by atoms with Crippen LogP contribution < -0.4 is 44.2 Å². The minimum atomic E-state index is 0.0986. The number of para-hydroxylation sites is 4. The molecule has 8 aromatic carbocycles. The number of nitrogens with one attached hydrogen (secondary N) is 4. The lowest BCUT2D eigenvalue weighted by Crippen LogP contribution is -2.05. The van der Waals surface area contributed by atoms with Gasteiger partial charge < -0.3 is 44.2 Å². The first kappa shape index (κ1) is 61.0. The lowest BCUT2D eigenvalue weighted by Gasteiger charge is -2.13. The second kappa shape index (κ2) is 28.9. The normalized spacial score (nSPS) is 10.9. The molecule has 4 heterocycles. The summed E-state index contributed by atoms with van der Waals surface area (Å²) in [6, 6.07) is 62.7. The third kappa shape index (κ3) is 16.5. The van der Waals surface area contributed by atoms with Gasteiger partial charge in [-0.2, -0.15) is 59.8 Å². The van der Waals surface area contributed by atoms with Gasteiger partial charge in [-0.3, -0.25) is 0 Å². The predicted molar refractivity (Wildman–Crippen MR) is 376 cm³/mol. The molecule has 12 aromatic rings. The first-order chi connectivity index (χ1) is 42.8. The van der Waals surface area contributed by atoms with Gasteiger partial charge in [-0.1, -0.05) is 163 Å². The number of nitrogen functional groups attached to an aromatic ring is 4. The van der Waals surface area contributed by atoms with E-state index in [2.05, 4.69) is 126 Å². The monoisotopic (exact) mass is 1480 g/mol. The Hall–Kier alpha value is -8.65. The third-order valence-corrected chi connectivity index (χ3v) is 18.8. The number of hydrogen-bond donors (Lipinski definition) is 8. The highest BCUT2D eigenvalue weighted by Crippen LogP contribution is 2.46. The molecule has 20 nitrogen and oxygen atoms in total. The Bertz CT molecular complexity index is 4170. The zero-order valence-electron chi connectivity index (χ0n) is 45.9. The highest BCUT2D eigenvalue weighted by atomic mass is 127. The minimum Gasteiger partial charge on any atom is -0.368 e. The van der Waals surface area contributed by atoms with E-state index >= 15 is 0 Å². The van der Waals surface area contributed by atoms with Crippen LogP contribution in [0.25, 0.3) is 45.6 Å². The fourth-order valence-corrected chi connectivity index (χ4v) is 13.6.